The van der Waals surface area contributed by atoms with E-state index in [4.69, 9.17) is 9.47 Å². The number of ether oxygens (including phenoxy) is 2. The summed E-state index contributed by atoms with van der Waals surface area (Å²) >= 11 is 0. The highest BCUT2D eigenvalue weighted by Crippen LogP contribution is 2.33. The summed E-state index contributed by atoms with van der Waals surface area (Å²) in [6.07, 6.45) is 5.80. The first-order valence-electron chi connectivity index (χ1n) is 8.40. The summed E-state index contributed by atoms with van der Waals surface area (Å²) in [6.45, 7) is 2.30. The molecule has 0 unspecified atom stereocenters. The summed E-state index contributed by atoms with van der Waals surface area (Å²) in [5.41, 5.74) is 0.800. The number of allylic oxidation sites excluding steroid dienone is 1. The molecule has 26 heavy (non-hydrogen) atoms. The average molecular weight is 356 g/mol. The number of Topliss-reactive ketones (excluding diaryl/α,β-unsaturated/α-hetero) is 2. The van der Waals surface area contributed by atoms with Crippen molar-refractivity contribution < 1.29 is 19.1 Å². The molecule has 2 aromatic rings. The largest absolute Gasteiger partial charge is 0.501 e. The van der Waals surface area contributed by atoms with Crippen LogP contribution < -0.4 is 0 Å². The molecule has 0 aromatic carbocycles. The maximum atomic E-state index is 13.0. The minimum Gasteiger partial charge on any atom is -0.501 e. The lowest BCUT2D eigenvalue weighted by molar-refractivity contribution is -0.116. The molecular weight excluding hydrogens is 336 g/mol. The van der Waals surface area contributed by atoms with Crippen molar-refractivity contribution in [3.8, 4) is 5.82 Å². The minimum absolute atomic E-state index is 0.0574. The van der Waals surface area contributed by atoms with Crippen molar-refractivity contribution in [1.29, 1.82) is 0 Å². The lowest BCUT2D eigenvalue weighted by Crippen LogP contribution is -2.18. The number of carbonyl (C=O) groups is 2. The van der Waals surface area contributed by atoms with E-state index in [0.29, 0.717) is 23.7 Å². The number of carbonyl (C=O) groups excluding carboxylic acids is 2. The van der Waals surface area contributed by atoms with Gasteiger partial charge in [0.05, 0.1) is 25.2 Å². The fourth-order valence-electron chi connectivity index (χ4n) is 2.50. The highest BCUT2D eigenvalue weighted by atomic mass is 16.5. The number of aromatic nitrogens is 4. The van der Waals surface area contributed by atoms with Gasteiger partial charge in [0.25, 0.3) is 0 Å². The second-order valence-electron chi connectivity index (χ2n) is 5.89. The molecule has 0 bridgehead atoms. The summed E-state index contributed by atoms with van der Waals surface area (Å²) in [6, 6.07) is 3.28. The monoisotopic (exact) mass is 356 g/mol. The zero-order valence-corrected chi connectivity index (χ0v) is 14.7. The van der Waals surface area contributed by atoms with Crippen LogP contribution in [0.5, 0.6) is 0 Å². The van der Waals surface area contributed by atoms with Gasteiger partial charge in [-0.2, -0.15) is 5.10 Å². The Morgan fingerprint density at radius 3 is 2.77 bits per heavy atom. The van der Waals surface area contributed by atoms with Crippen molar-refractivity contribution in [2.75, 3.05) is 13.7 Å². The first-order valence-corrected chi connectivity index (χ1v) is 8.40. The Balaban J connectivity index is 1.97. The van der Waals surface area contributed by atoms with Crippen LogP contribution in [0.2, 0.25) is 0 Å². The van der Waals surface area contributed by atoms with Gasteiger partial charge in [0.2, 0.25) is 5.78 Å². The number of hydrogen-bond donors (Lipinski definition) is 0. The van der Waals surface area contributed by atoms with E-state index >= 15 is 0 Å². The topological polar surface area (TPSA) is 96.2 Å². The third kappa shape index (κ3) is 3.85. The van der Waals surface area contributed by atoms with Crippen LogP contribution in [0, 0.1) is 5.92 Å². The molecule has 1 aliphatic carbocycles. The second kappa shape index (κ2) is 8.01. The van der Waals surface area contributed by atoms with Gasteiger partial charge in [-0.3, -0.25) is 9.59 Å². The highest BCUT2D eigenvalue weighted by molar-refractivity contribution is 6.27. The summed E-state index contributed by atoms with van der Waals surface area (Å²) in [5.74, 6) is -0.152. The van der Waals surface area contributed by atoms with Gasteiger partial charge in [-0.15, -0.1) is 0 Å². The van der Waals surface area contributed by atoms with Crippen LogP contribution >= 0.6 is 0 Å². The van der Waals surface area contributed by atoms with Gasteiger partial charge in [-0.25, -0.2) is 14.6 Å². The van der Waals surface area contributed by atoms with Crippen LogP contribution in [-0.2, 0) is 20.9 Å². The number of rotatable bonds is 9. The Morgan fingerprint density at radius 2 is 2.15 bits per heavy atom. The van der Waals surface area contributed by atoms with Gasteiger partial charge in [0.1, 0.15) is 18.2 Å². The Morgan fingerprint density at radius 1 is 1.35 bits per heavy atom. The average Bonchev–Trinajstić information content (AvgIpc) is 3.36. The Bertz CT molecular complexity index is 826. The summed E-state index contributed by atoms with van der Waals surface area (Å²) in [7, 11) is 1.52. The summed E-state index contributed by atoms with van der Waals surface area (Å²) in [4.78, 5) is 33.9. The number of methoxy groups -OCH3 is 1. The van der Waals surface area contributed by atoms with E-state index in [0.717, 1.165) is 12.8 Å². The van der Waals surface area contributed by atoms with Crippen molar-refractivity contribution in [2.45, 2.75) is 26.4 Å². The van der Waals surface area contributed by atoms with Gasteiger partial charge >= 0.3 is 0 Å². The fraction of sp³-hybridized carbons (Fsp3) is 0.389. The molecule has 1 aliphatic rings. The first kappa shape index (κ1) is 17.9. The van der Waals surface area contributed by atoms with E-state index < -0.39 is 5.78 Å². The molecule has 136 valence electrons. The van der Waals surface area contributed by atoms with E-state index in [2.05, 4.69) is 15.1 Å². The molecule has 0 N–H and O–H groups in total. The predicted molar refractivity (Wildman–Crippen MR) is 91.6 cm³/mol. The molecule has 0 aliphatic heterocycles. The molecule has 0 saturated heterocycles. The highest BCUT2D eigenvalue weighted by Gasteiger charge is 2.35. The molecular formula is C18H20N4O4. The summed E-state index contributed by atoms with van der Waals surface area (Å²) < 4.78 is 11.9. The van der Waals surface area contributed by atoms with Gasteiger partial charge in [0.15, 0.2) is 11.6 Å². The molecule has 0 radical (unpaired) electrons. The SMILES string of the molecule is CCOC=C(C(=O)c1ccc(-n2cncn2)nc1COC)C(=O)C1CC1. The number of pyridine rings is 1. The van der Waals surface area contributed by atoms with E-state index in [-0.39, 0.29) is 23.9 Å². The number of hydrogen-bond acceptors (Lipinski definition) is 7. The standard InChI is InChI=1S/C18H20N4O4/c1-3-26-8-14(17(23)12-4-5-12)18(24)13-6-7-16(21-15(13)9-25-2)22-11-19-10-20-22/h6-8,10-12H,3-5,9H2,1-2H3. The van der Waals surface area contributed by atoms with Gasteiger partial charge in [-0.05, 0) is 31.9 Å². The molecule has 3 rings (SSSR count). The molecule has 8 nitrogen and oxygen atoms in total. The van der Waals surface area contributed by atoms with E-state index in [1.165, 1.54) is 30.7 Å². The van der Waals surface area contributed by atoms with E-state index in [9.17, 15) is 9.59 Å². The first-order chi connectivity index (χ1) is 12.7. The molecule has 1 saturated carbocycles. The van der Waals surface area contributed by atoms with Gasteiger partial charge in [-0.1, -0.05) is 0 Å². The molecule has 2 heterocycles. The lowest BCUT2D eigenvalue weighted by Gasteiger charge is -2.11. The Kier molecular flexibility index (Phi) is 5.52. The van der Waals surface area contributed by atoms with E-state index in [1.807, 2.05) is 0 Å². The van der Waals surface area contributed by atoms with Crippen LogP contribution in [0.25, 0.3) is 5.82 Å². The van der Waals surface area contributed by atoms with Gasteiger partial charge < -0.3 is 9.47 Å². The molecule has 0 atom stereocenters. The number of nitrogens with zero attached hydrogens (tertiary/aromatic N) is 4. The molecule has 8 heteroatoms. The number of ketones is 2. The predicted octanol–water partition coefficient (Wildman–Crippen LogP) is 1.89. The smallest absolute Gasteiger partial charge is 0.201 e. The normalized spacial score (nSPS) is 14.3. The van der Waals surface area contributed by atoms with Crippen molar-refractivity contribution in [2.24, 2.45) is 5.92 Å². The van der Waals surface area contributed by atoms with Crippen LogP contribution in [0.3, 0.4) is 0 Å². The van der Waals surface area contributed by atoms with Crippen molar-refractivity contribution in [3.63, 3.8) is 0 Å². The van der Waals surface area contributed by atoms with Crippen molar-refractivity contribution in [3.05, 3.63) is 47.9 Å². The van der Waals surface area contributed by atoms with Crippen LogP contribution in [0.1, 0.15) is 35.8 Å². The fourth-order valence-corrected chi connectivity index (χ4v) is 2.50. The Labute approximate surface area is 150 Å². The zero-order valence-electron chi connectivity index (χ0n) is 14.7. The van der Waals surface area contributed by atoms with Gasteiger partial charge in [0, 0.05) is 18.6 Å². The quantitative estimate of drug-likeness (QED) is 0.222. The zero-order chi connectivity index (χ0) is 18.5. The maximum absolute atomic E-state index is 13.0. The third-order valence-corrected chi connectivity index (χ3v) is 3.96. The minimum atomic E-state index is -0.403. The molecule has 0 spiro atoms. The van der Waals surface area contributed by atoms with Crippen LogP contribution in [0.15, 0.2) is 36.6 Å². The molecule has 2 aromatic heterocycles. The van der Waals surface area contributed by atoms with Crippen LogP contribution in [0.4, 0.5) is 0 Å². The summed E-state index contributed by atoms with van der Waals surface area (Å²) in [5, 5.41) is 4.03. The molecule has 0 amide bonds. The second-order valence-corrected chi connectivity index (χ2v) is 5.89. The third-order valence-electron chi connectivity index (χ3n) is 3.96. The molecule has 1 fully saturated rings. The van der Waals surface area contributed by atoms with Crippen molar-refractivity contribution in [1.82, 2.24) is 19.7 Å². The van der Waals surface area contributed by atoms with Crippen LogP contribution in [-0.4, -0.2) is 45.0 Å². The Hall–Kier alpha value is -2.87. The van der Waals surface area contributed by atoms with Crippen molar-refractivity contribution >= 4 is 11.6 Å². The maximum Gasteiger partial charge on any atom is 0.201 e. The van der Waals surface area contributed by atoms with E-state index in [1.54, 1.807) is 19.1 Å². The lowest BCUT2D eigenvalue weighted by atomic mass is 9.97.